The van der Waals surface area contributed by atoms with Gasteiger partial charge in [0.2, 0.25) is 0 Å². The molecule has 0 radical (unpaired) electrons. The van der Waals surface area contributed by atoms with E-state index >= 15 is 0 Å². The summed E-state index contributed by atoms with van der Waals surface area (Å²) in [5.41, 5.74) is 2.41. The van der Waals surface area contributed by atoms with Crippen molar-refractivity contribution in [3.8, 4) is 0 Å². The van der Waals surface area contributed by atoms with Gasteiger partial charge >= 0.3 is 0 Å². The highest BCUT2D eigenvalue weighted by Crippen LogP contribution is 2.07. The number of hydrogen-bond donors (Lipinski definition) is 1. The molecule has 0 spiro atoms. The topological polar surface area (TPSA) is 20.2 Å². The molecule has 1 N–H and O–H groups in total. The number of aliphatic hydroxyl groups excluding tert-OH is 1. The Hall–Kier alpha value is -1.08. The molecule has 0 amide bonds. The van der Waals surface area contributed by atoms with Crippen LogP contribution in [0.2, 0.25) is 0 Å². The SMILES string of the molecule is C/C(=C/c1ccccc1)CCO. The minimum Gasteiger partial charge on any atom is -0.396 e. The third-order valence-electron chi connectivity index (χ3n) is 1.72. The Morgan fingerprint density at radius 1 is 1.33 bits per heavy atom. The molecule has 0 atom stereocenters. The van der Waals surface area contributed by atoms with Crippen molar-refractivity contribution >= 4 is 6.08 Å². The molecule has 12 heavy (non-hydrogen) atoms. The van der Waals surface area contributed by atoms with Gasteiger partial charge in [-0.25, -0.2) is 0 Å². The molecule has 1 nitrogen and oxygen atoms in total. The first kappa shape index (κ1) is 9.01. The average Bonchev–Trinajstić information content (AvgIpc) is 2.06. The summed E-state index contributed by atoms with van der Waals surface area (Å²) in [5, 5.41) is 8.67. The molecule has 0 aliphatic rings. The smallest absolute Gasteiger partial charge is 0.0468 e. The summed E-state index contributed by atoms with van der Waals surface area (Å²) in [6.45, 7) is 2.26. The summed E-state index contributed by atoms with van der Waals surface area (Å²) < 4.78 is 0. The summed E-state index contributed by atoms with van der Waals surface area (Å²) in [5.74, 6) is 0. The van der Waals surface area contributed by atoms with Crippen LogP contribution in [0.25, 0.3) is 6.08 Å². The molecule has 0 heterocycles. The average molecular weight is 162 g/mol. The van der Waals surface area contributed by atoms with Crippen molar-refractivity contribution in [1.82, 2.24) is 0 Å². The summed E-state index contributed by atoms with van der Waals surface area (Å²) in [6.07, 6.45) is 2.85. The highest BCUT2D eigenvalue weighted by molar-refractivity contribution is 5.51. The Balaban J connectivity index is 2.67. The van der Waals surface area contributed by atoms with E-state index in [1.54, 1.807) is 0 Å². The Bertz CT molecular complexity index is 249. The van der Waals surface area contributed by atoms with E-state index < -0.39 is 0 Å². The molecule has 0 saturated carbocycles. The highest BCUT2D eigenvalue weighted by atomic mass is 16.2. The van der Waals surface area contributed by atoms with Gasteiger partial charge in [-0.05, 0) is 18.9 Å². The van der Waals surface area contributed by atoms with Crippen molar-refractivity contribution in [2.24, 2.45) is 0 Å². The number of hydrogen-bond acceptors (Lipinski definition) is 1. The zero-order valence-corrected chi connectivity index (χ0v) is 7.33. The maximum Gasteiger partial charge on any atom is 0.0468 e. The largest absolute Gasteiger partial charge is 0.396 e. The minimum absolute atomic E-state index is 0.231. The van der Waals surface area contributed by atoms with Gasteiger partial charge < -0.3 is 5.11 Å². The van der Waals surface area contributed by atoms with Crippen LogP contribution in [-0.2, 0) is 0 Å². The van der Waals surface area contributed by atoms with Crippen LogP contribution >= 0.6 is 0 Å². The van der Waals surface area contributed by atoms with Crippen molar-refractivity contribution in [1.29, 1.82) is 0 Å². The van der Waals surface area contributed by atoms with Gasteiger partial charge in [0, 0.05) is 6.61 Å². The summed E-state index contributed by atoms with van der Waals surface area (Å²) >= 11 is 0. The van der Waals surface area contributed by atoms with Gasteiger partial charge in [0.15, 0.2) is 0 Å². The maximum absolute atomic E-state index is 8.67. The lowest BCUT2D eigenvalue weighted by Gasteiger charge is -1.97. The second-order valence-electron chi connectivity index (χ2n) is 2.87. The zero-order valence-electron chi connectivity index (χ0n) is 7.33. The third-order valence-corrected chi connectivity index (χ3v) is 1.72. The first-order valence-corrected chi connectivity index (χ1v) is 4.16. The van der Waals surface area contributed by atoms with E-state index in [0.29, 0.717) is 0 Å². The lowest BCUT2D eigenvalue weighted by atomic mass is 10.1. The predicted molar refractivity (Wildman–Crippen MR) is 51.8 cm³/mol. The molecule has 1 aromatic carbocycles. The fraction of sp³-hybridized carbons (Fsp3) is 0.273. The molecule has 0 aliphatic heterocycles. The first-order chi connectivity index (χ1) is 5.83. The number of benzene rings is 1. The van der Waals surface area contributed by atoms with Crippen molar-refractivity contribution in [3.05, 3.63) is 41.5 Å². The standard InChI is InChI=1S/C11H14O/c1-10(7-8-12)9-11-5-3-2-4-6-11/h2-6,9,12H,7-8H2,1H3/b10-9-. The van der Waals surface area contributed by atoms with Gasteiger partial charge in [-0.3, -0.25) is 0 Å². The quantitative estimate of drug-likeness (QED) is 0.724. The van der Waals surface area contributed by atoms with Crippen LogP contribution in [0.5, 0.6) is 0 Å². The first-order valence-electron chi connectivity index (χ1n) is 4.16. The molecule has 64 valence electrons. The van der Waals surface area contributed by atoms with Crippen LogP contribution in [-0.4, -0.2) is 11.7 Å². The van der Waals surface area contributed by atoms with E-state index in [0.717, 1.165) is 6.42 Å². The van der Waals surface area contributed by atoms with Crippen molar-refractivity contribution in [2.75, 3.05) is 6.61 Å². The second kappa shape index (κ2) is 4.73. The molecule has 0 aromatic heterocycles. The molecule has 0 saturated heterocycles. The fourth-order valence-corrected chi connectivity index (χ4v) is 1.08. The summed E-state index contributed by atoms with van der Waals surface area (Å²) in [7, 11) is 0. The van der Waals surface area contributed by atoms with Crippen LogP contribution in [0.3, 0.4) is 0 Å². The van der Waals surface area contributed by atoms with Gasteiger partial charge in [-0.1, -0.05) is 42.0 Å². The van der Waals surface area contributed by atoms with Crippen LogP contribution < -0.4 is 0 Å². The van der Waals surface area contributed by atoms with E-state index in [9.17, 15) is 0 Å². The highest BCUT2D eigenvalue weighted by Gasteiger charge is 1.88. The van der Waals surface area contributed by atoms with E-state index in [-0.39, 0.29) is 6.61 Å². The van der Waals surface area contributed by atoms with Crippen LogP contribution in [0.1, 0.15) is 18.9 Å². The van der Waals surface area contributed by atoms with Crippen molar-refractivity contribution in [3.63, 3.8) is 0 Å². The molecule has 1 aromatic rings. The predicted octanol–water partition coefficient (Wildman–Crippen LogP) is 2.47. The van der Waals surface area contributed by atoms with Crippen LogP contribution in [0.4, 0.5) is 0 Å². The van der Waals surface area contributed by atoms with Gasteiger partial charge in [0.25, 0.3) is 0 Å². The number of aliphatic hydroxyl groups is 1. The lowest BCUT2D eigenvalue weighted by Crippen LogP contribution is -1.83. The molecule has 0 bridgehead atoms. The van der Waals surface area contributed by atoms with Crippen molar-refractivity contribution < 1.29 is 5.11 Å². The Morgan fingerprint density at radius 2 is 2.00 bits per heavy atom. The van der Waals surface area contributed by atoms with Gasteiger partial charge in [-0.2, -0.15) is 0 Å². The Morgan fingerprint density at radius 3 is 2.58 bits per heavy atom. The molecule has 0 unspecified atom stereocenters. The van der Waals surface area contributed by atoms with Crippen LogP contribution in [0.15, 0.2) is 35.9 Å². The second-order valence-corrected chi connectivity index (χ2v) is 2.87. The van der Waals surface area contributed by atoms with Crippen molar-refractivity contribution in [2.45, 2.75) is 13.3 Å². The van der Waals surface area contributed by atoms with E-state index in [2.05, 4.69) is 18.2 Å². The molecule has 0 fully saturated rings. The van der Waals surface area contributed by atoms with Gasteiger partial charge in [0.1, 0.15) is 0 Å². The molecule has 0 aliphatic carbocycles. The van der Waals surface area contributed by atoms with E-state index in [1.807, 2.05) is 25.1 Å². The zero-order chi connectivity index (χ0) is 8.81. The Labute approximate surface area is 73.4 Å². The van der Waals surface area contributed by atoms with Crippen LogP contribution in [0, 0.1) is 0 Å². The molecular formula is C11H14O. The van der Waals surface area contributed by atoms with Gasteiger partial charge in [-0.15, -0.1) is 0 Å². The normalized spacial score (nSPS) is 11.7. The monoisotopic (exact) mass is 162 g/mol. The van der Waals surface area contributed by atoms with E-state index in [1.165, 1.54) is 11.1 Å². The van der Waals surface area contributed by atoms with E-state index in [4.69, 9.17) is 5.11 Å². The summed E-state index contributed by atoms with van der Waals surface area (Å²) in [6, 6.07) is 10.1. The molecule has 1 rings (SSSR count). The molecular weight excluding hydrogens is 148 g/mol. The third kappa shape index (κ3) is 2.89. The molecule has 1 heteroatoms. The maximum atomic E-state index is 8.67. The minimum atomic E-state index is 0.231. The summed E-state index contributed by atoms with van der Waals surface area (Å²) in [4.78, 5) is 0. The fourth-order valence-electron chi connectivity index (χ4n) is 1.08. The Kier molecular flexibility index (Phi) is 3.55. The number of rotatable bonds is 3. The van der Waals surface area contributed by atoms with Gasteiger partial charge in [0.05, 0.1) is 0 Å². The lowest BCUT2D eigenvalue weighted by molar-refractivity contribution is 0.299.